The quantitative estimate of drug-likeness (QED) is 0.505. The fraction of sp³-hybridized carbons (Fsp3) is 0.448. The Morgan fingerprint density at radius 1 is 1.09 bits per heavy atom. The van der Waals surface area contributed by atoms with Gasteiger partial charge in [-0.1, -0.05) is 73.7 Å². The van der Waals surface area contributed by atoms with Gasteiger partial charge in [0.15, 0.2) is 5.78 Å². The van der Waals surface area contributed by atoms with Crippen molar-refractivity contribution in [1.82, 2.24) is 4.90 Å². The van der Waals surface area contributed by atoms with E-state index < -0.39 is 30.0 Å². The number of carboxylic acids is 1. The zero-order valence-corrected chi connectivity index (χ0v) is 20.3. The summed E-state index contributed by atoms with van der Waals surface area (Å²) in [5.41, 5.74) is 3.28. The van der Waals surface area contributed by atoms with Gasteiger partial charge in [0.05, 0.1) is 37.9 Å². The number of morpholine rings is 1. The molecular weight excluding hydrogens is 442 g/mol. The molecule has 0 amide bonds. The number of hydrogen-bond acceptors (Lipinski definition) is 5. The van der Waals surface area contributed by atoms with Crippen molar-refractivity contribution in [3.8, 4) is 11.1 Å². The van der Waals surface area contributed by atoms with Gasteiger partial charge in [-0.05, 0) is 29.5 Å². The number of hydrogen-bond donors (Lipinski definition) is 1. The highest BCUT2D eigenvalue weighted by molar-refractivity contribution is 5.88. The number of Topliss-reactive ketones (excluding diaryl/α,β-unsaturated/α-hetero) is 1. The first-order valence-electron chi connectivity index (χ1n) is 12.6. The lowest BCUT2D eigenvalue weighted by Gasteiger charge is -2.37. The molecule has 0 radical (unpaired) electrons. The zero-order chi connectivity index (χ0) is 24.6. The van der Waals surface area contributed by atoms with Crippen LogP contribution in [0.5, 0.6) is 0 Å². The smallest absolute Gasteiger partial charge is 0.307 e. The molecule has 1 N–H and O–H groups in total. The van der Waals surface area contributed by atoms with Crippen molar-refractivity contribution in [2.75, 3.05) is 26.3 Å². The SMILES string of the molecule is CCC=CCC(C(=O)O)[C@H]1[C@H](N2CCOCC2)C(=O)C[C@H]1OCc1ccc(-c2ccccc2)cc1. The predicted molar refractivity (Wildman–Crippen MR) is 135 cm³/mol. The Labute approximate surface area is 207 Å². The van der Waals surface area contributed by atoms with Gasteiger partial charge in [0, 0.05) is 25.4 Å². The van der Waals surface area contributed by atoms with Crippen molar-refractivity contribution < 1.29 is 24.2 Å². The maximum Gasteiger partial charge on any atom is 0.307 e. The summed E-state index contributed by atoms with van der Waals surface area (Å²) in [6.07, 6.45) is 4.98. The molecule has 1 unspecified atom stereocenters. The molecule has 2 aromatic rings. The summed E-state index contributed by atoms with van der Waals surface area (Å²) in [6.45, 7) is 4.76. The van der Waals surface area contributed by atoms with Crippen LogP contribution in [0.25, 0.3) is 11.1 Å². The minimum absolute atomic E-state index is 0.0760. The predicted octanol–water partition coefficient (Wildman–Crippen LogP) is 4.59. The maximum absolute atomic E-state index is 13.2. The summed E-state index contributed by atoms with van der Waals surface area (Å²) in [6, 6.07) is 17.9. The van der Waals surface area contributed by atoms with Crippen LogP contribution < -0.4 is 0 Å². The van der Waals surface area contributed by atoms with Gasteiger partial charge in [-0.15, -0.1) is 0 Å². The van der Waals surface area contributed by atoms with Crippen LogP contribution in [-0.4, -0.2) is 60.2 Å². The molecule has 6 nitrogen and oxygen atoms in total. The van der Waals surface area contributed by atoms with Crippen molar-refractivity contribution in [3.63, 3.8) is 0 Å². The standard InChI is InChI=1S/C29H35NO5/c1-2-3-5-10-24(29(32)33)27-26(19-25(31)28(27)30-15-17-34-18-16-30)35-20-21-11-13-23(14-12-21)22-8-6-4-7-9-22/h3-9,11-14,24,26-28H,2,10,15-20H2,1H3,(H,32,33)/t24?,26-,27-,28-/m1/s1. The number of carbonyl (C=O) groups is 2. The third-order valence-electron chi connectivity index (χ3n) is 7.06. The van der Waals surface area contributed by atoms with E-state index in [9.17, 15) is 14.7 Å². The van der Waals surface area contributed by atoms with Gasteiger partial charge in [0.2, 0.25) is 0 Å². The largest absolute Gasteiger partial charge is 0.481 e. The number of allylic oxidation sites excluding steroid dienone is 2. The second-order valence-electron chi connectivity index (χ2n) is 9.31. The molecule has 35 heavy (non-hydrogen) atoms. The molecule has 1 saturated carbocycles. The number of ether oxygens (including phenoxy) is 2. The minimum Gasteiger partial charge on any atom is -0.481 e. The fourth-order valence-electron chi connectivity index (χ4n) is 5.28. The molecular formula is C29H35NO5. The average Bonchev–Trinajstić information content (AvgIpc) is 3.22. The van der Waals surface area contributed by atoms with E-state index >= 15 is 0 Å². The van der Waals surface area contributed by atoms with E-state index in [2.05, 4.69) is 29.2 Å². The molecule has 2 aliphatic rings. The Hall–Kier alpha value is -2.80. The average molecular weight is 478 g/mol. The molecule has 2 aromatic carbocycles. The van der Waals surface area contributed by atoms with Gasteiger partial charge in [-0.25, -0.2) is 0 Å². The van der Waals surface area contributed by atoms with Crippen LogP contribution >= 0.6 is 0 Å². The van der Waals surface area contributed by atoms with Crippen molar-refractivity contribution >= 4 is 11.8 Å². The van der Waals surface area contributed by atoms with Gasteiger partial charge in [0.1, 0.15) is 0 Å². The minimum atomic E-state index is -0.871. The summed E-state index contributed by atoms with van der Waals surface area (Å²) in [4.78, 5) is 27.7. The van der Waals surface area contributed by atoms with Crippen LogP contribution in [0.1, 0.15) is 31.7 Å². The van der Waals surface area contributed by atoms with Crippen LogP contribution in [0.3, 0.4) is 0 Å². The summed E-state index contributed by atoms with van der Waals surface area (Å²) in [5, 5.41) is 10.1. The van der Waals surface area contributed by atoms with Gasteiger partial charge in [-0.2, -0.15) is 0 Å². The van der Waals surface area contributed by atoms with E-state index in [1.165, 1.54) is 0 Å². The van der Waals surface area contributed by atoms with E-state index in [0.717, 1.165) is 23.1 Å². The van der Waals surface area contributed by atoms with Crippen LogP contribution in [0.15, 0.2) is 66.7 Å². The number of nitrogens with zero attached hydrogens (tertiary/aromatic N) is 1. The molecule has 2 fully saturated rings. The molecule has 186 valence electrons. The van der Waals surface area contributed by atoms with Crippen molar-refractivity contribution in [2.45, 2.75) is 44.9 Å². The van der Waals surface area contributed by atoms with E-state index in [1.54, 1.807) is 0 Å². The summed E-state index contributed by atoms with van der Waals surface area (Å²) < 4.78 is 11.8. The number of rotatable bonds is 10. The third-order valence-corrected chi connectivity index (χ3v) is 7.06. The molecule has 0 spiro atoms. The second-order valence-corrected chi connectivity index (χ2v) is 9.31. The monoisotopic (exact) mass is 477 g/mol. The van der Waals surface area contributed by atoms with E-state index in [1.807, 2.05) is 49.4 Å². The number of benzene rings is 2. The highest BCUT2D eigenvalue weighted by Gasteiger charge is 2.51. The lowest BCUT2D eigenvalue weighted by molar-refractivity contribution is -0.147. The van der Waals surface area contributed by atoms with E-state index in [-0.39, 0.29) is 12.2 Å². The molecule has 6 heteroatoms. The Kier molecular flexibility index (Phi) is 8.85. The number of ketones is 1. The van der Waals surface area contributed by atoms with E-state index in [4.69, 9.17) is 9.47 Å². The lowest BCUT2D eigenvalue weighted by Crippen LogP contribution is -2.51. The Bertz CT molecular complexity index is 997. The molecule has 0 aromatic heterocycles. The summed E-state index contributed by atoms with van der Waals surface area (Å²) in [5.74, 6) is -1.87. The fourth-order valence-corrected chi connectivity index (χ4v) is 5.28. The molecule has 0 bridgehead atoms. The summed E-state index contributed by atoms with van der Waals surface area (Å²) in [7, 11) is 0. The molecule has 1 aliphatic heterocycles. The van der Waals surface area contributed by atoms with Crippen molar-refractivity contribution in [2.24, 2.45) is 11.8 Å². The first kappa shape index (κ1) is 25.3. The topological polar surface area (TPSA) is 76.1 Å². The molecule has 1 saturated heterocycles. The van der Waals surface area contributed by atoms with Crippen LogP contribution in [0.2, 0.25) is 0 Å². The van der Waals surface area contributed by atoms with Crippen LogP contribution in [-0.2, 0) is 25.7 Å². The molecule has 4 rings (SSSR count). The van der Waals surface area contributed by atoms with Crippen molar-refractivity contribution in [3.05, 3.63) is 72.3 Å². The number of aliphatic carboxylic acids is 1. The molecule has 1 aliphatic carbocycles. The van der Waals surface area contributed by atoms with Crippen molar-refractivity contribution in [1.29, 1.82) is 0 Å². The Morgan fingerprint density at radius 2 is 1.77 bits per heavy atom. The van der Waals surface area contributed by atoms with Gasteiger partial charge in [-0.3, -0.25) is 14.5 Å². The van der Waals surface area contributed by atoms with Gasteiger partial charge in [0.25, 0.3) is 0 Å². The van der Waals surface area contributed by atoms with E-state index in [0.29, 0.717) is 39.3 Å². The summed E-state index contributed by atoms with van der Waals surface area (Å²) >= 11 is 0. The normalized spacial score (nSPS) is 24.1. The van der Waals surface area contributed by atoms with Gasteiger partial charge >= 0.3 is 5.97 Å². The number of carbonyl (C=O) groups excluding carboxylic acids is 1. The molecule has 1 heterocycles. The van der Waals surface area contributed by atoms with Gasteiger partial charge < -0.3 is 14.6 Å². The maximum atomic E-state index is 13.2. The van der Waals surface area contributed by atoms with Crippen LogP contribution in [0, 0.1) is 11.8 Å². The van der Waals surface area contributed by atoms with Crippen LogP contribution in [0.4, 0.5) is 0 Å². The highest BCUT2D eigenvalue weighted by Crippen LogP contribution is 2.38. The number of carboxylic acid groups (broad SMARTS) is 1. The zero-order valence-electron chi connectivity index (χ0n) is 20.3. The Morgan fingerprint density at radius 3 is 2.43 bits per heavy atom. The highest BCUT2D eigenvalue weighted by atomic mass is 16.5. The Balaban J connectivity index is 1.51. The first-order chi connectivity index (χ1) is 17.1. The second kappa shape index (κ2) is 12.2. The molecule has 4 atom stereocenters. The third kappa shape index (κ3) is 6.26. The first-order valence-corrected chi connectivity index (χ1v) is 12.6. The lowest BCUT2D eigenvalue weighted by atomic mass is 9.83.